The second kappa shape index (κ2) is 5.87. The Kier molecular flexibility index (Phi) is 3.48. The molecule has 9 nitrogen and oxygen atoms in total. The van der Waals surface area contributed by atoms with E-state index in [0.717, 1.165) is 19.8 Å². The lowest BCUT2D eigenvalue weighted by Crippen LogP contribution is -2.09. The number of alkyl halides is 2. The van der Waals surface area contributed by atoms with Crippen LogP contribution in [0.1, 0.15) is 0 Å². The molecule has 2 fully saturated rings. The first kappa shape index (κ1) is 15.4. The summed E-state index contributed by atoms with van der Waals surface area (Å²) in [4.78, 5) is 8.86. The Balaban J connectivity index is 1.34. The van der Waals surface area contributed by atoms with Gasteiger partial charge in [-0.1, -0.05) is 0 Å². The van der Waals surface area contributed by atoms with Crippen molar-refractivity contribution in [2.24, 2.45) is 17.8 Å². The quantitative estimate of drug-likeness (QED) is 0.688. The molecule has 1 aliphatic heterocycles. The molecule has 3 atom stereocenters. The first-order valence-electron chi connectivity index (χ1n) is 8.21. The number of halogens is 2. The van der Waals surface area contributed by atoms with Gasteiger partial charge in [-0.2, -0.15) is 19.0 Å². The Bertz CT molecular complexity index is 933. The van der Waals surface area contributed by atoms with Crippen molar-refractivity contribution in [2.75, 3.05) is 18.5 Å². The number of hydrogen-bond acceptors (Lipinski definition) is 7. The van der Waals surface area contributed by atoms with Crippen LogP contribution in [0, 0.1) is 17.8 Å². The number of aromatic amines is 1. The molecule has 3 aromatic heterocycles. The van der Waals surface area contributed by atoms with Gasteiger partial charge in [0.05, 0.1) is 25.6 Å². The topological polar surface area (TPSA) is 103 Å². The third-order valence-corrected chi connectivity index (χ3v) is 4.89. The summed E-state index contributed by atoms with van der Waals surface area (Å²) < 4.78 is 35.9. The highest BCUT2D eigenvalue weighted by Gasteiger charge is 2.53. The molecule has 0 aromatic carbocycles. The highest BCUT2D eigenvalue weighted by Crippen LogP contribution is 2.51. The van der Waals surface area contributed by atoms with E-state index >= 15 is 0 Å². The number of anilines is 2. The molecule has 4 heterocycles. The first-order chi connectivity index (χ1) is 12.7. The van der Waals surface area contributed by atoms with Crippen LogP contribution in [0.3, 0.4) is 0 Å². The minimum absolute atomic E-state index is 0.135. The van der Waals surface area contributed by atoms with Crippen LogP contribution in [0.25, 0.3) is 11.2 Å². The van der Waals surface area contributed by atoms with Gasteiger partial charge in [0, 0.05) is 12.6 Å². The molecule has 0 unspecified atom stereocenters. The summed E-state index contributed by atoms with van der Waals surface area (Å²) in [6.45, 7) is -0.472. The Morgan fingerprint density at radius 3 is 2.96 bits per heavy atom. The number of fused-ring (bicyclic) bond motifs is 2. The number of H-pyrrole nitrogens is 1. The molecule has 1 saturated carbocycles. The summed E-state index contributed by atoms with van der Waals surface area (Å²) >= 11 is 0. The summed E-state index contributed by atoms with van der Waals surface area (Å²) in [5.41, 5.74) is 1.36. The van der Waals surface area contributed by atoms with Gasteiger partial charge in [0.25, 0.3) is 0 Å². The fourth-order valence-corrected chi connectivity index (χ4v) is 3.53. The van der Waals surface area contributed by atoms with Gasteiger partial charge in [-0.3, -0.25) is 0 Å². The van der Waals surface area contributed by atoms with Crippen LogP contribution in [0.15, 0.2) is 18.5 Å². The van der Waals surface area contributed by atoms with E-state index < -0.39 is 6.61 Å². The van der Waals surface area contributed by atoms with E-state index in [1.165, 1.54) is 12.3 Å². The smallest absolute Gasteiger partial charge is 0.388 e. The van der Waals surface area contributed by atoms with Crippen molar-refractivity contribution in [3.05, 3.63) is 18.5 Å². The fraction of sp³-hybridized carbons (Fsp3) is 0.467. The highest BCUT2D eigenvalue weighted by molar-refractivity contribution is 5.71. The van der Waals surface area contributed by atoms with Gasteiger partial charge in [-0.05, 0) is 17.8 Å². The second-order valence-electron chi connectivity index (χ2n) is 6.44. The standard InChI is InChI=1S/C15H15F2N7O2/c16-15(17)26-13-1-11(22-23-13)20-12-3-18-10-2-19-24(14(10)21-12)4-7-8-5-25-6-9(7)8/h1-3,7-9,15H,4-6H2,(H2,20,21,22,23)/t7-,8+,9-. The molecule has 0 spiro atoms. The summed E-state index contributed by atoms with van der Waals surface area (Å²) in [5.74, 6) is 2.43. The number of aromatic nitrogens is 6. The van der Waals surface area contributed by atoms with E-state index in [4.69, 9.17) is 4.74 Å². The SMILES string of the molecule is FC(F)Oc1cc(Nc2cnc3cnn(C[C@@H]4[C@@H]5COC[C@@H]54)c3n2)n[nH]1. The van der Waals surface area contributed by atoms with Crippen molar-refractivity contribution >= 4 is 22.8 Å². The average Bonchev–Trinajstić information content (AvgIpc) is 3.05. The van der Waals surface area contributed by atoms with E-state index in [0.29, 0.717) is 40.6 Å². The summed E-state index contributed by atoms with van der Waals surface area (Å²) in [7, 11) is 0. The van der Waals surface area contributed by atoms with E-state index in [-0.39, 0.29) is 5.88 Å². The Morgan fingerprint density at radius 1 is 1.31 bits per heavy atom. The van der Waals surface area contributed by atoms with Gasteiger partial charge in [-0.25, -0.2) is 19.7 Å². The molecule has 0 amide bonds. The van der Waals surface area contributed by atoms with Crippen molar-refractivity contribution in [1.29, 1.82) is 0 Å². The van der Waals surface area contributed by atoms with Gasteiger partial charge in [0.2, 0.25) is 5.88 Å². The molecular weight excluding hydrogens is 348 g/mol. The molecule has 26 heavy (non-hydrogen) atoms. The van der Waals surface area contributed by atoms with E-state index in [1.807, 2.05) is 4.68 Å². The summed E-state index contributed by atoms with van der Waals surface area (Å²) in [5, 5.41) is 13.5. The fourth-order valence-electron chi connectivity index (χ4n) is 3.53. The van der Waals surface area contributed by atoms with Crippen LogP contribution in [0.2, 0.25) is 0 Å². The molecule has 2 N–H and O–H groups in total. The molecule has 136 valence electrons. The number of hydrogen-bond donors (Lipinski definition) is 2. The predicted molar refractivity (Wildman–Crippen MR) is 85.1 cm³/mol. The zero-order valence-electron chi connectivity index (χ0n) is 13.5. The van der Waals surface area contributed by atoms with Gasteiger partial charge in [-0.15, -0.1) is 0 Å². The molecule has 0 bridgehead atoms. The van der Waals surface area contributed by atoms with Crippen molar-refractivity contribution in [2.45, 2.75) is 13.2 Å². The lowest BCUT2D eigenvalue weighted by molar-refractivity contribution is -0.0528. The molecule has 2 aliphatic rings. The van der Waals surface area contributed by atoms with Crippen LogP contribution in [0.4, 0.5) is 20.4 Å². The third kappa shape index (κ3) is 2.73. The molecule has 1 aliphatic carbocycles. The van der Waals surface area contributed by atoms with Crippen LogP contribution < -0.4 is 10.1 Å². The largest absolute Gasteiger partial charge is 0.417 e. The van der Waals surface area contributed by atoms with Crippen molar-refractivity contribution in [3.8, 4) is 5.88 Å². The Labute approximate surface area is 145 Å². The first-order valence-corrected chi connectivity index (χ1v) is 8.21. The summed E-state index contributed by atoms with van der Waals surface area (Å²) in [6, 6.07) is 1.32. The lowest BCUT2D eigenvalue weighted by atomic mass is 10.3. The van der Waals surface area contributed by atoms with Crippen molar-refractivity contribution in [1.82, 2.24) is 29.9 Å². The normalized spacial score (nSPS) is 24.2. The molecular formula is C15H15F2N7O2. The number of rotatable bonds is 6. The van der Waals surface area contributed by atoms with Gasteiger partial charge >= 0.3 is 6.61 Å². The van der Waals surface area contributed by atoms with Gasteiger partial charge in [0.15, 0.2) is 17.3 Å². The van der Waals surface area contributed by atoms with Gasteiger partial charge < -0.3 is 14.8 Å². The predicted octanol–water partition coefficient (Wildman–Crippen LogP) is 1.79. The Morgan fingerprint density at radius 2 is 2.15 bits per heavy atom. The molecule has 1 saturated heterocycles. The third-order valence-electron chi connectivity index (χ3n) is 4.89. The van der Waals surface area contributed by atoms with E-state index in [1.54, 1.807) is 6.20 Å². The maximum atomic E-state index is 12.2. The molecule has 0 radical (unpaired) electrons. The van der Waals surface area contributed by atoms with E-state index in [9.17, 15) is 8.78 Å². The molecule has 11 heteroatoms. The van der Waals surface area contributed by atoms with Crippen molar-refractivity contribution in [3.63, 3.8) is 0 Å². The van der Waals surface area contributed by atoms with Crippen molar-refractivity contribution < 1.29 is 18.3 Å². The molecule has 3 aromatic rings. The maximum Gasteiger partial charge on any atom is 0.388 e. The lowest BCUT2D eigenvalue weighted by Gasteiger charge is -2.06. The van der Waals surface area contributed by atoms with Gasteiger partial charge in [0.1, 0.15) is 5.52 Å². The van der Waals surface area contributed by atoms with Crippen LogP contribution >= 0.6 is 0 Å². The monoisotopic (exact) mass is 363 g/mol. The summed E-state index contributed by atoms with van der Waals surface area (Å²) in [6.07, 6.45) is 3.22. The number of nitrogens with one attached hydrogen (secondary N) is 2. The zero-order chi connectivity index (χ0) is 17.7. The number of ether oxygens (including phenoxy) is 2. The Hall–Kier alpha value is -2.82. The van der Waals surface area contributed by atoms with Crippen LogP contribution in [0.5, 0.6) is 5.88 Å². The van der Waals surface area contributed by atoms with Crippen LogP contribution in [-0.4, -0.2) is 49.8 Å². The second-order valence-corrected chi connectivity index (χ2v) is 6.44. The van der Waals surface area contributed by atoms with Crippen LogP contribution in [-0.2, 0) is 11.3 Å². The highest BCUT2D eigenvalue weighted by atomic mass is 19.3. The zero-order valence-corrected chi connectivity index (χ0v) is 13.5. The average molecular weight is 363 g/mol. The minimum Gasteiger partial charge on any atom is -0.417 e. The maximum absolute atomic E-state index is 12.2. The minimum atomic E-state index is -2.92. The molecule has 5 rings (SSSR count). The number of nitrogens with zero attached hydrogens (tertiary/aromatic N) is 5. The van der Waals surface area contributed by atoms with E-state index in [2.05, 4.69) is 35.3 Å².